The van der Waals surface area contributed by atoms with E-state index in [1.165, 1.54) is 48.5 Å². The largest absolute Gasteiger partial charge is 2.00 e. The first-order chi connectivity index (χ1) is 10.00. The first-order valence-corrected chi connectivity index (χ1v) is 9.40. The van der Waals surface area contributed by atoms with Gasteiger partial charge in [0.1, 0.15) is 0 Å². The standard InChI is InChI=1S/2C6H6ClO3P.2Ca/c2*7-5-1-3-6(4-2-5)11(8,9)10;;/h2*1-4H,(H2,8,9,10);;/q;;2*+2/p-4. The first kappa shape index (κ1) is 28.1. The van der Waals surface area contributed by atoms with Crippen molar-refractivity contribution < 1.29 is 28.7 Å². The van der Waals surface area contributed by atoms with Crippen LogP contribution in [0, 0.1) is 0 Å². The summed E-state index contributed by atoms with van der Waals surface area (Å²) in [6.07, 6.45) is 0. The second-order valence-electron chi connectivity index (χ2n) is 3.95. The molecule has 6 nitrogen and oxygen atoms in total. The Bertz CT molecular complexity index is 652. The molecule has 2 aromatic rings. The van der Waals surface area contributed by atoms with Gasteiger partial charge in [-0.1, -0.05) is 47.5 Å². The van der Waals surface area contributed by atoms with E-state index >= 15 is 0 Å². The maximum Gasteiger partial charge on any atom is 2.00 e. The second kappa shape index (κ2) is 12.3. The van der Waals surface area contributed by atoms with Gasteiger partial charge in [-0.15, -0.1) is 0 Å². The molecule has 0 saturated heterocycles. The number of hydrogen-bond donors (Lipinski definition) is 0. The third-order valence-corrected chi connectivity index (χ3v) is 4.65. The van der Waals surface area contributed by atoms with Gasteiger partial charge in [-0.2, -0.15) is 0 Å². The van der Waals surface area contributed by atoms with Gasteiger partial charge in [-0.25, -0.2) is 0 Å². The molecule has 0 aliphatic carbocycles. The number of hydrogen-bond acceptors (Lipinski definition) is 6. The minimum atomic E-state index is -4.60. The molecule has 0 bridgehead atoms. The number of halogens is 2. The zero-order valence-corrected chi connectivity index (χ0v) is 19.9. The van der Waals surface area contributed by atoms with Crippen LogP contribution < -0.4 is 30.2 Å². The molecule has 0 aliphatic rings. The Hall–Kier alpha value is 1.84. The third kappa shape index (κ3) is 10.9. The smallest absolute Gasteiger partial charge is 0.807 e. The Morgan fingerprint density at radius 1 is 0.583 bits per heavy atom. The summed E-state index contributed by atoms with van der Waals surface area (Å²) in [6, 6.07) is 10.2. The van der Waals surface area contributed by atoms with Crippen molar-refractivity contribution in [2.75, 3.05) is 0 Å². The fraction of sp³-hybridized carbons (Fsp3) is 0. The molecule has 0 atom stereocenters. The van der Waals surface area contributed by atoms with E-state index in [0.29, 0.717) is 10.0 Å². The molecular weight excluding hydrogens is 453 g/mol. The summed E-state index contributed by atoms with van der Waals surface area (Å²) in [5.74, 6) is 0. The van der Waals surface area contributed by atoms with Gasteiger partial charge in [-0.05, 0) is 50.1 Å². The van der Waals surface area contributed by atoms with Crippen molar-refractivity contribution in [3.63, 3.8) is 0 Å². The zero-order valence-electron chi connectivity index (χ0n) is 12.1. The van der Waals surface area contributed by atoms with Crippen molar-refractivity contribution in [2.24, 2.45) is 0 Å². The Morgan fingerprint density at radius 3 is 0.958 bits per heavy atom. The van der Waals surface area contributed by atoms with Gasteiger partial charge in [0.05, 0.1) is 0 Å². The SMILES string of the molecule is O=P([O-])([O-])c1ccc(Cl)cc1.O=P([O-])([O-])c1ccc(Cl)cc1.[Ca+2].[Ca+2]. The molecule has 0 aromatic heterocycles. The van der Waals surface area contributed by atoms with Crippen LogP contribution in [-0.2, 0) is 9.13 Å². The zero-order chi connectivity index (χ0) is 17.0. The van der Waals surface area contributed by atoms with E-state index in [1.54, 1.807) is 0 Å². The molecule has 0 N–H and O–H groups in total. The molecule has 0 saturated carbocycles. The topological polar surface area (TPSA) is 126 Å². The molecule has 0 amide bonds. The quantitative estimate of drug-likeness (QED) is 0.417. The summed E-state index contributed by atoms with van der Waals surface area (Å²) in [7, 11) is -9.19. The van der Waals surface area contributed by atoms with Crippen molar-refractivity contribution in [3.8, 4) is 0 Å². The molecule has 120 valence electrons. The molecule has 0 fully saturated rings. The average molecular weight is 461 g/mol. The van der Waals surface area contributed by atoms with E-state index in [1.807, 2.05) is 0 Å². The fourth-order valence-corrected chi connectivity index (χ4v) is 2.53. The molecule has 24 heavy (non-hydrogen) atoms. The van der Waals surface area contributed by atoms with E-state index in [9.17, 15) is 28.7 Å². The fourth-order valence-electron chi connectivity index (χ4n) is 1.25. The first-order valence-electron chi connectivity index (χ1n) is 5.56. The van der Waals surface area contributed by atoms with Crippen molar-refractivity contribution >= 4 is 124 Å². The molecule has 0 aliphatic heterocycles. The summed E-state index contributed by atoms with van der Waals surface area (Å²) < 4.78 is 20.7. The molecular formula is C12H8Ca2Cl2O6P2. The van der Waals surface area contributed by atoms with Crippen molar-refractivity contribution in [3.05, 3.63) is 58.6 Å². The van der Waals surface area contributed by atoms with Crippen LogP contribution in [0.2, 0.25) is 10.0 Å². The molecule has 0 heterocycles. The Kier molecular flexibility index (Phi) is 14.4. The summed E-state index contributed by atoms with van der Waals surface area (Å²) in [5.41, 5.74) is 0. The van der Waals surface area contributed by atoms with Crippen LogP contribution >= 0.6 is 38.4 Å². The van der Waals surface area contributed by atoms with Gasteiger partial charge in [-0.3, -0.25) is 0 Å². The van der Waals surface area contributed by atoms with Crippen LogP contribution in [0.5, 0.6) is 0 Å². The van der Waals surface area contributed by atoms with Gasteiger partial charge in [0.2, 0.25) is 0 Å². The molecule has 0 spiro atoms. The number of benzene rings is 2. The maximum absolute atomic E-state index is 10.4. The van der Waals surface area contributed by atoms with Crippen LogP contribution in [0.25, 0.3) is 0 Å². The molecule has 0 unspecified atom stereocenters. The van der Waals surface area contributed by atoms with Gasteiger partial charge < -0.3 is 28.7 Å². The van der Waals surface area contributed by atoms with E-state index in [0.717, 1.165) is 0 Å². The number of rotatable bonds is 2. The molecule has 2 aromatic carbocycles. The summed E-state index contributed by atoms with van der Waals surface area (Å²) >= 11 is 10.9. The molecule has 12 heteroatoms. The van der Waals surface area contributed by atoms with Crippen molar-refractivity contribution in [1.29, 1.82) is 0 Å². The van der Waals surface area contributed by atoms with E-state index < -0.39 is 15.2 Å². The normalized spacial score (nSPS) is 10.6. The van der Waals surface area contributed by atoms with Crippen molar-refractivity contribution in [2.45, 2.75) is 0 Å². The van der Waals surface area contributed by atoms with Crippen LogP contribution in [0.1, 0.15) is 0 Å². The van der Waals surface area contributed by atoms with E-state index in [-0.39, 0.29) is 86.1 Å². The van der Waals surface area contributed by atoms with Crippen LogP contribution in [0.3, 0.4) is 0 Å². The average Bonchev–Trinajstić information content (AvgIpc) is 2.38. The minimum Gasteiger partial charge on any atom is -0.807 e. The van der Waals surface area contributed by atoms with Gasteiger partial charge >= 0.3 is 75.5 Å². The van der Waals surface area contributed by atoms with Crippen molar-refractivity contribution in [1.82, 2.24) is 0 Å². The van der Waals surface area contributed by atoms with Gasteiger partial charge in [0.25, 0.3) is 0 Å². The van der Waals surface area contributed by atoms with Gasteiger partial charge in [0.15, 0.2) is 0 Å². The summed E-state index contributed by atoms with van der Waals surface area (Å²) in [5, 5.41) is 0.341. The third-order valence-electron chi connectivity index (χ3n) is 2.29. The Morgan fingerprint density at radius 2 is 0.792 bits per heavy atom. The van der Waals surface area contributed by atoms with E-state index in [2.05, 4.69) is 0 Å². The molecule has 0 radical (unpaired) electrons. The monoisotopic (exact) mass is 460 g/mol. The molecule has 2 rings (SSSR count). The maximum atomic E-state index is 10.4. The second-order valence-corrected chi connectivity index (χ2v) is 7.84. The Balaban J connectivity index is 0. The van der Waals surface area contributed by atoms with Crippen LogP contribution in [0.15, 0.2) is 48.5 Å². The summed E-state index contributed by atoms with van der Waals surface area (Å²) in [6.45, 7) is 0. The van der Waals surface area contributed by atoms with E-state index in [4.69, 9.17) is 23.2 Å². The van der Waals surface area contributed by atoms with Crippen LogP contribution in [-0.4, -0.2) is 75.5 Å². The van der Waals surface area contributed by atoms with Gasteiger partial charge in [0, 0.05) is 10.0 Å². The Labute approximate surface area is 208 Å². The predicted molar refractivity (Wildman–Crippen MR) is 88.9 cm³/mol. The minimum absolute atomic E-state index is 0. The van der Waals surface area contributed by atoms with Crippen LogP contribution in [0.4, 0.5) is 0 Å². The summed E-state index contributed by atoms with van der Waals surface area (Å²) in [4.78, 5) is 41.5. The predicted octanol–water partition coefficient (Wildman–Crippen LogP) is -1.00.